The first-order valence-electron chi connectivity index (χ1n) is 12.5. The Kier molecular flexibility index (Phi) is 8.29. The van der Waals surface area contributed by atoms with Gasteiger partial charge in [0.2, 0.25) is 11.8 Å². The highest BCUT2D eigenvalue weighted by Gasteiger charge is 2.39. The second-order valence-electron chi connectivity index (χ2n) is 9.66. The van der Waals surface area contributed by atoms with Crippen molar-refractivity contribution in [2.45, 2.75) is 43.2 Å². The van der Waals surface area contributed by atoms with E-state index in [1.807, 2.05) is 6.92 Å². The zero-order valence-corrected chi connectivity index (χ0v) is 25.8. The largest absolute Gasteiger partial charge is 0.361 e. The summed E-state index contributed by atoms with van der Waals surface area (Å²) in [4.78, 5) is 32.9. The molecule has 1 atom stereocenters. The molecular formula is C27H24BrCl2N5O5S. The molecule has 1 fully saturated rings. The van der Waals surface area contributed by atoms with E-state index in [1.165, 1.54) is 29.4 Å². The molecule has 1 unspecified atom stereocenters. The third kappa shape index (κ3) is 6.35. The van der Waals surface area contributed by atoms with Crippen LogP contribution in [0, 0.1) is 6.92 Å². The number of rotatable bonds is 7. The van der Waals surface area contributed by atoms with Gasteiger partial charge in [-0.1, -0.05) is 40.9 Å². The Morgan fingerprint density at radius 2 is 1.85 bits per heavy atom. The van der Waals surface area contributed by atoms with Gasteiger partial charge in [-0.15, -0.1) is 5.10 Å². The van der Waals surface area contributed by atoms with Crippen LogP contribution in [0.25, 0.3) is 0 Å². The number of hydrogen-bond acceptors (Lipinski definition) is 8. The quantitative estimate of drug-likeness (QED) is 0.321. The average molecular weight is 681 g/mol. The lowest BCUT2D eigenvalue weighted by molar-refractivity contribution is -0.117. The van der Waals surface area contributed by atoms with Gasteiger partial charge < -0.3 is 14.4 Å². The number of aromatic nitrogens is 1. The Bertz CT molecular complexity index is 1660. The first kappa shape index (κ1) is 29.3. The van der Waals surface area contributed by atoms with E-state index in [-0.39, 0.29) is 51.3 Å². The van der Waals surface area contributed by atoms with E-state index >= 15 is 0 Å². The summed E-state index contributed by atoms with van der Waals surface area (Å²) in [6.45, 7) is 1.83. The van der Waals surface area contributed by atoms with Gasteiger partial charge in [0.15, 0.2) is 5.82 Å². The number of carbonyl (C=O) groups excluding carboxylic acids is 2. The maximum atomic E-state index is 13.8. The monoisotopic (exact) mass is 679 g/mol. The van der Waals surface area contributed by atoms with Crippen molar-refractivity contribution in [3.05, 3.63) is 80.4 Å². The zero-order valence-electron chi connectivity index (χ0n) is 21.8. The Labute approximate surface area is 255 Å². The number of hydrogen-bond donors (Lipinski definition) is 1. The molecule has 5 rings (SSSR count). The van der Waals surface area contributed by atoms with Gasteiger partial charge in [0.05, 0.1) is 22.7 Å². The van der Waals surface area contributed by atoms with Gasteiger partial charge in [-0.05, 0) is 72.1 Å². The van der Waals surface area contributed by atoms with Crippen LogP contribution in [0.15, 0.2) is 69.2 Å². The molecule has 1 N–H and O–H groups in total. The molecule has 214 valence electrons. The van der Waals surface area contributed by atoms with E-state index < -0.39 is 22.1 Å². The number of benzene rings is 2. The topological polar surface area (TPSA) is 121 Å². The Morgan fingerprint density at radius 3 is 2.51 bits per heavy atom. The van der Waals surface area contributed by atoms with E-state index in [0.29, 0.717) is 9.50 Å². The van der Waals surface area contributed by atoms with Crippen LogP contribution in [0.2, 0.25) is 10.0 Å². The van der Waals surface area contributed by atoms with E-state index in [0.717, 1.165) is 18.4 Å². The van der Waals surface area contributed by atoms with Crippen LogP contribution in [-0.4, -0.2) is 55.1 Å². The number of nitrogens with zero attached hydrogens (tertiary/aromatic N) is 4. The fourth-order valence-electron chi connectivity index (χ4n) is 4.25. The molecule has 41 heavy (non-hydrogen) atoms. The van der Waals surface area contributed by atoms with Crippen LogP contribution in [0.3, 0.4) is 0 Å². The fourth-order valence-corrected chi connectivity index (χ4v) is 6.29. The molecule has 2 amide bonds. The van der Waals surface area contributed by atoms with Gasteiger partial charge in [-0.25, -0.2) is 9.99 Å². The lowest BCUT2D eigenvalue weighted by atomic mass is 10.1. The molecule has 1 aliphatic carbocycles. The van der Waals surface area contributed by atoms with Crippen molar-refractivity contribution in [2.75, 3.05) is 17.4 Å². The highest BCUT2D eigenvalue weighted by Crippen LogP contribution is 2.36. The Morgan fingerprint density at radius 1 is 1.15 bits per heavy atom. The van der Waals surface area contributed by atoms with E-state index in [9.17, 15) is 18.0 Å². The summed E-state index contributed by atoms with van der Waals surface area (Å²) in [5, 5.41) is 8.78. The molecule has 3 aromatic rings. The van der Waals surface area contributed by atoms with Crippen molar-refractivity contribution in [1.82, 2.24) is 9.88 Å². The third-order valence-corrected chi connectivity index (χ3v) is 9.01. The molecule has 2 heterocycles. The number of hydrazone groups is 1. The highest BCUT2D eigenvalue weighted by molar-refractivity contribution is 9.10. The Hall–Kier alpha value is -3.19. The standard InChI is InChI=1S/C27H24BrCl2N5O5S/c1-15-5-9-18(10-6-15)41(38,39)40-23-14-22(35(33-23)25-21(30)4-3-11-31-25)26(36)32-24-19(12-16(29)13-20(24)28)27(37)34(2)17-7-8-17/h3-6,9-13,17,22H,7-8,14H2,1-2H3,(H,32,36). The van der Waals surface area contributed by atoms with Crippen LogP contribution < -0.4 is 10.3 Å². The maximum absolute atomic E-state index is 13.8. The first-order chi connectivity index (χ1) is 19.4. The number of pyridine rings is 1. The van der Waals surface area contributed by atoms with Crippen molar-refractivity contribution in [3.8, 4) is 0 Å². The van der Waals surface area contributed by atoms with Gasteiger partial charge in [-0.3, -0.25) is 9.59 Å². The molecule has 0 spiro atoms. The minimum absolute atomic E-state index is 0.0610. The molecule has 0 bridgehead atoms. The highest BCUT2D eigenvalue weighted by atomic mass is 79.9. The second kappa shape index (κ2) is 11.6. The van der Waals surface area contributed by atoms with Crippen molar-refractivity contribution in [1.29, 1.82) is 0 Å². The predicted molar refractivity (Wildman–Crippen MR) is 160 cm³/mol. The molecule has 1 saturated carbocycles. The van der Waals surface area contributed by atoms with E-state index in [4.69, 9.17) is 27.4 Å². The number of halogens is 3. The maximum Gasteiger partial charge on any atom is 0.340 e. The number of carbonyl (C=O) groups is 2. The average Bonchev–Trinajstić information content (AvgIpc) is 3.70. The van der Waals surface area contributed by atoms with Crippen LogP contribution in [0.4, 0.5) is 11.5 Å². The molecule has 1 aromatic heterocycles. The SMILES string of the molecule is Cc1ccc(S(=O)(=O)OC2=NN(c3ncccc3Cl)C(C(=O)Nc3c(Br)cc(Cl)cc3C(=O)N(C)C3CC3)C2)cc1. The number of amides is 2. The summed E-state index contributed by atoms with van der Waals surface area (Å²) in [5.74, 6) is -1.01. The van der Waals surface area contributed by atoms with Gasteiger partial charge in [-0.2, -0.15) is 8.42 Å². The van der Waals surface area contributed by atoms with Gasteiger partial charge in [0, 0.05) is 28.8 Å². The van der Waals surface area contributed by atoms with Crippen LogP contribution in [-0.2, 0) is 19.1 Å². The smallest absolute Gasteiger partial charge is 0.340 e. The molecule has 1 aliphatic heterocycles. The molecule has 0 radical (unpaired) electrons. The predicted octanol–water partition coefficient (Wildman–Crippen LogP) is 5.63. The molecule has 0 saturated heterocycles. The van der Waals surface area contributed by atoms with Crippen molar-refractivity contribution < 1.29 is 22.2 Å². The number of aryl methyl sites for hydroxylation is 1. The van der Waals surface area contributed by atoms with Crippen molar-refractivity contribution >= 4 is 78.5 Å². The molecule has 2 aromatic carbocycles. The lowest BCUT2D eigenvalue weighted by Crippen LogP contribution is -2.40. The number of nitrogens with one attached hydrogen (secondary N) is 1. The second-order valence-corrected chi connectivity index (χ2v) is 12.9. The molecule has 14 heteroatoms. The summed E-state index contributed by atoms with van der Waals surface area (Å²) in [6.07, 6.45) is 3.05. The number of anilines is 2. The Balaban J connectivity index is 1.46. The van der Waals surface area contributed by atoms with Crippen molar-refractivity contribution in [2.24, 2.45) is 5.10 Å². The molecule has 10 nitrogen and oxygen atoms in total. The minimum atomic E-state index is -4.24. The third-order valence-electron chi connectivity index (χ3n) is 6.61. The van der Waals surface area contributed by atoms with Gasteiger partial charge in [0.25, 0.3) is 5.91 Å². The van der Waals surface area contributed by atoms with Crippen LogP contribution in [0.5, 0.6) is 0 Å². The minimum Gasteiger partial charge on any atom is -0.361 e. The summed E-state index contributed by atoms with van der Waals surface area (Å²) in [5.41, 5.74) is 1.29. The normalized spacial score (nSPS) is 16.8. The van der Waals surface area contributed by atoms with Crippen LogP contribution >= 0.6 is 39.1 Å². The molecule has 2 aliphatic rings. The fraction of sp³-hybridized carbons (Fsp3) is 0.259. The van der Waals surface area contributed by atoms with E-state index in [1.54, 1.807) is 42.3 Å². The van der Waals surface area contributed by atoms with Crippen molar-refractivity contribution in [3.63, 3.8) is 0 Å². The van der Waals surface area contributed by atoms with Crippen LogP contribution in [0.1, 0.15) is 35.2 Å². The zero-order chi connectivity index (χ0) is 29.5. The first-order valence-corrected chi connectivity index (χ1v) is 15.5. The molecular weight excluding hydrogens is 657 g/mol. The summed E-state index contributed by atoms with van der Waals surface area (Å²) < 4.78 is 31.7. The van der Waals surface area contributed by atoms with Gasteiger partial charge >= 0.3 is 10.1 Å². The summed E-state index contributed by atoms with van der Waals surface area (Å²) >= 11 is 16.0. The lowest BCUT2D eigenvalue weighted by Gasteiger charge is -2.24. The van der Waals surface area contributed by atoms with E-state index in [2.05, 4.69) is 31.3 Å². The van der Waals surface area contributed by atoms with Gasteiger partial charge in [0.1, 0.15) is 10.9 Å². The summed E-state index contributed by atoms with van der Waals surface area (Å²) in [7, 11) is -2.54. The summed E-state index contributed by atoms with van der Waals surface area (Å²) in [6, 6.07) is 11.4.